The summed E-state index contributed by atoms with van der Waals surface area (Å²) in [5, 5.41) is 8.23. The van der Waals surface area contributed by atoms with Gasteiger partial charge in [-0.2, -0.15) is 5.10 Å². The number of carbonyl (C=O) groups excluding carboxylic acids is 1. The van der Waals surface area contributed by atoms with Gasteiger partial charge in [-0.1, -0.05) is 18.2 Å². The number of fused-ring (bicyclic) bond motifs is 1. The minimum Gasteiger partial charge on any atom is -0.497 e. The molecule has 1 aromatic heterocycles. The summed E-state index contributed by atoms with van der Waals surface area (Å²) in [6.07, 6.45) is 1.58. The van der Waals surface area contributed by atoms with Crippen LogP contribution in [0, 0.1) is 0 Å². The van der Waals surface area contributed by atoms with Crippen molar-refractivity contribution in [2.45, 2.75) is 19.5 Å². The number of carbonyl (C=O) groups is 1. The van der Waals surface area contributed by atoms with Gasteiger partial charge in [0.2, 0.25) is 5.91 Å². The van der Waals surface area contributed by atoms with Crippen LogP contribution in [0.4, 0.5) is 0 Å². The van der Waals surface area contributed by atoms with Crippen LogP contribution in [0.3, 0.4) is 0 Å². The van der Waals surface area contributed by atoms with Crippen LogP contribution in [0.2, 0.25) is 0 Å². The van der Waals surface area contributed by atoms with E-state index in [1.807, 2.05) is 25.1 Å². The summed E-state index contributed by atoms with van der Waals surface area (Å²) in [5.41, 5.74) is 0.485. The van der Waals surface area contributed by atoms with E-state index in [2.05, 4.69) is 10.4 Å². The fraction of sp³-hybridized carbons (Fsp3) is 0.250. The molecule has 0 aliphatic carbocycles. The summed E-state index contributed by atoms with van der Waals surface area (Å²) < 4.78 is 11.8. The minimum atomic E-state index is -0.335. The van der Waals surface area contributed by atoms with Crippen molar-refractivity contribution < 1.29 is 14.3 Å². The summed E-state index contributed by atoms with van der Waals surface area (Å²) in [7, 11) is 3.14. The zero-order valence-electron chi connectivity index (χ0n) is 15.4. The van der Waals surface area contributed by atoms with Gasteiger partial charge >= 0.3 is 0 Å². The summed E-state index contributed by atoms with van der Waals surface area (Å²) in [4.78, 5) is 24.9. The minimum absolute atomic E-state index is 0.166. The predicted molar refractivity (Wildman–Crippen MR) is 102 cm³/mol. The second-order valence-electron chi connectivity index (χ2n) is 6.09. The Kier molecular flexibility index (Phi) is 5.40. The van der Waals surface area contributed by atoms with Crippen LogP contribution in [-0.2, 0) is 11.3 Å². The summed E-state index contributed by atoms with van der Waals surface area (Å²) in [6.45, 7) is 1.67. The molecule has 0 bridgehead atoms. The first-order valence-corrected chi connectivity index (χ1v) is 8.49. The molecular formula is C20H21N3O4. The van der Waals surface area contributed by atoms with Gasteiger partial charge in [0.25, 0.3) is 5.56 Å². The topological polar surface area (TPSA) is 82.4 Å². The van der Waals surface area contributed by atoms with Crippen LogP contribution in [0.15, 0.2) is 53.5 Å². The highest BCUT2D eigenvalue weighted by atomic mass is 16.5. The lowest BCUT2D eigenvalue weighted by Gasteiger charge is -2.18. The Morgan fingerprint density at radius 3 is 2.70 bits per heavy atom. The molecule has 1 N–H and O–H groups in total. The van der Waals surface area contributed by atoms with E-state index in [4.69, 9.17) is 9.47 Å². The van der Waals surface area contributed by atoms with E-state index in [1.54, 1.807) is 44.7 Å². The molecule has 0 fully saturated rings. The first-order chi connectivity index (χ1) is 13.0. The second-order valence-corrected chi connectivity index (χ2v) is 6.09. The van der Waals surface area contributed by atoms with Gasteiger partial charge in [0, 0.05) is 10.9 Å². The van der Waals surface area contributed by atoms with E-state index in [-0.39, 0.29) is 24.1 Å². The number of ether oxygens (including phenoxy) is 2. The fourth-order valence-electron chi connectivity index (χ4n) is 2.92. The Hall–Kier alpha value is -3.35. The smallest absolute Gasteiger partial charge is 0.275 e. The van der Waals surface area contributed by atoms with Crippen LogP contribution < -0.4 is 20.3 Å². The first kappa shape index (κ1) is 18.4. The molecule has 27 heavy (non-hydrogen) atoms. The van der Waals surface area contributed by atoms with Crippen molar-refractivity contribution in [2.75, 3.05) is 14.2 Å². The average Bonchev–Trinajstić information content (AvgIpc) is 2.69. The third kappa shape index (κ3) is 3.92. The van der Waals surface area contributed by atoms with E-state index in [0.717, 1.165) is 15.6 Å². The second kappa shape index (κ2) is 7.90. The third-order valence-electron chi connectivity index (χ3n) is 4.34. The molecule has 0 saturated heterocycles. The Labute approximate surface area is 156 Å². The van der Waals surface area contributed by atoms with Crippen molar-refractivity contribution in [1.82, 2.24) is 15.1 Å². The maximum absolute atomic E-state index is 12.5. The van der Waals surface area contributed by atoms with E-state index < -0.39 is 0 Å². The monoisotopic (exact) mass is 367 g/mol. The van der Waals surface area contributed by atoms with E-state index in [1.165, 1.54) is 0 Å². The number of benzene rings is 2. The number of nitrogens with zero attached hydrogens (tertiary/aromatic N) is 2. The molecule has 1 heterocycles. The van der Waals surface area contributed by atoms with Crippen molar-refractivity contribution in [3.8, 4) is 11.5 Å². The Balaban J connectivity index is 1.78. The average molecular weight is 367 g/mol. The van der Waals surface area contributed by atoms with Gasteiger partial charge < -0.3 is 14.8 Å². The molecule has 7 heteroatoms. The van der Waals surface area contributed by atoms with Crippen LogP contribution in [-0.4, -0.2) is 29.9 Å². The lowest BCUT2D eigenvalue weighted by Crippen LogP contribution is -2.35. The van der Waals surface area contributed by atoms with Crippen LogP contribution in [0.25, 0.3) is 10.8 Å². The Bertz CT molecular complexity index is 1030. The highest BCUT2D eigenvalue weighted by Gasteiger charge is 2.16. The van der Waals surface area contributed by atoms with E-state index in [0.29, 0.717) is 16.9 Å². The molecule has 0 aliphatic rings. The van der Waals surface area contributed by atoms with Gasteiger partial charge in [-0.3, -0.25) is 9.59 Å². The zero-order valence-corrected chi connectivity index (χ0v) is 15.4. The largest absolute Gasteiger partial charge is 0.497 e. The molecule has 140 valence electrons. The van der Waals surface area contributed by atoms with Crippen molar-refractivity contribution in [1.29, 1.82) is 0 Å². The molecule has 1 amide bonds. The number of methoxy groups -OCH3 is 2. The Morgan fingerprint density at radius 1 is 1.19 bits per heavy atom. The molecule has 0 spiro atoms. The molecule has 7 nitrogen and oxygen atoms in total. The van der Waals surface area contributed by atoms with Crippen LogP contribution in [0.1, 0.15) is 18.5 Å². The molecule has 3 aromatic rings. The molecule has 0 saturated carbocycles. The number of nitrogens with one attached hydrogen (secondary N) is 1. The van der Waals surface area contributed by atoms with Gasteiger partial charge in [0.05, 0.1) is 31.8 Å². The molecule has 1 atom stereocenters. The summed E-state index contributed by atoms with van der Waals surface area (Å²) >= 11 is 0. The fourth-order valence-corrected chi connectivity index (χ4v) is 2.92. The lowest BCUT2D eigenvalue weighted by atomic mass is 10.1. The van der Waals surface area contributed by atoms with Crippen LogP contribution in [0.5, 0.6) is 11.5 Å². The van der Waals surface area contributed by atoms with Crippen LogP contribution >= 0.6 is 0 Å². The first-order valence-electron chi connectivity index (χ1n) is 8.49. The van der Waals surface area contributed by atoms with Crippen molar-refractivity contribution in [3.63, 3.8) is 0 Å². The standard InChI is InChI=1S/C20H21N3O4/c1-13(17-10-15(26-2)8-9-18(17)27-3)22-19(24)12-23-20(25)16-7-5-4-6-14(16)11-21-23/h4-11,13H,12H2,1-3H3,(H,22,24)/t13-/m0/s1. The van der Waals surface area contributed by atoms with Gasteiger partial charge in [0.1, 0.15) is 18.0 Å². The summed E-state index contributed by atoms with van der Waals surface area (Å²) in [6, 6.07) is 12.2. The van der Waals surface area contributed by atoms with Gasteiger partial charge in [-0.15, -0.1) is 0 Å². The third-order valence-corrected chi connectivity index (χ3v) is 4.34. The van der Waals surface area contributed by atoms with Crippen molar-refractivity contribution in [2.24, 2.45) is 0 Å². The highest BCUT2D eigenvalue weighted by Crippen LogP contribution is 2.29. The number of amides is 1. The highest BCUT2D eigenvalue weighted by molar-refractivity contribution is 5.81. The van der Waals surface area contributed by atoms with Crippen molar-refractivity contribution in [3.05, 3.63) is 64.6 Å². The molecule has 2 aromatic carbocycles. The van der Waals surface area contributed by atoms with Crippen molar-refractivity contribution >= 4 is 16.7 Å². The molecule has 0 radical (unpaired) electrons. The van der Waals surface area contributed by atoms with Gasteiger partial charge in [-0.05, 0) is 31.2 Å². The molecule has 0 unspecified atom stereocenters. The maximum Gasteiger partial charge on any atom is 0.275 e. The van der Waals surface area contributed by atoms with E-state index in [9.17, 15) is 9.59 Å². The number of hydrogen-bond acceptors (Lipinski definition) is 5. The van der Waals surface area contributed by atoms with E-state index >= 15 is 0 Å². The zero-order chi connectivity index (χ0) is 19.4. The quantitative estimate of drug-likeness (QED) is 0.723. The lowest BCUT2D eigenvalue weighted by molar-refractivity contribution is -0.122. The predicted octanol–water partition coefficient (Wildman–Crippen LogP) is 2.29. The summed E-state index contributed by atoms with van der Waals surface area (Å²) in [5.74, 6) is 0.987. The maximum atomic E-state index is 12.5. The number of hydrogen-bond donors (Lipinski definition) is 1. The molecule has 0 aliphatic heterocycles. The number of rotatable bonds is 6. The number of aromatic nitrogens is 2. The molecule has 3 rings (SSSR count). The normalized spacial score (nSPS) is 11.8. The SMILES string of the molecule is COc1ccc(OC)c([C@H](C)NC(=O)Cn2ncc3ccccc3c2=O)c1. The Morgan fingerprint density at radius 2 is 1.96 bits per heavy atom. The van der Waals surface area contributed by atoms with Gasteiger partial charge in [-0.25, -0.2) is 4.68 Å². The molecular weight excluding hydrogens is 346 g/mol. The van der Waals surface area contributed by atoms with Gasteiger partial charge in [0.15, 0.2) is 0 Å².